The number of anilines is 2. The van der Waals surface area contributed by atoms with Crippen molar-refractivity contribution in [3.63, 3.8) is 0 Å². The molecule has 1 fully saturated rings. The van der Waals surface area contributed by atoms with Crippen molar-refractivity contribution in [3.8, 4) is 0 Å². The molecule has 1 saturated carbocycles. The van der Waals surface area contributed by atoms with Gasteiger partial charge in [0.05, 0.1) is 0 Å². The molecule has 0 amide bonds. The van der Waals surface area contributed by atoms with Crippen molar-refractivity contribution in [2.45, 2.75) is 65.3 Å². The molecule has 0 aromatic carbocycles. The van der Waals surface area contributed by atoms with Crippen molar-refractivity contribution < 1.29 is 0 Å². The van der Waals surface area contributed by atoms with Crippen LogP contribution in [-0.4, -0.2) is 22.6 Å². The van der Waals surface area contributed by atoms with Gasteiger partial charge in [-0.3, -0.25) is 0 Å². The first-order valence-corrected chi connectivity index (χ1v) is 8.02. The Morgan fingerprint density at radius 1 is 1.20 bits per heavy atom. The molecule has 1 heterocycles. The van der Waals surface area contributed by atoms with Gasteiger partial charge in [0.25, 0.3) is 0 Å². The molecule has 1 aliphatic carbocycles. The van der Waals surface area contributed by atoms with Gasteiger partial charge in [0, 0.05) is 18.2 Å². The fourth-order valence-electron chi connectivity index (χ4n) is 2.73. The lowest BCUT2D eigenvalue weighted by Crippen LogP contribution is -2.13. The standard InChI is InChI=1S/C16H28N4/c1-5-7-12-9-13(12)20-16-14(11(3)4)15(17-8-6-2)18-10-19-16/h10-13H,5-9H2,1-4H3,(H2,17,18,19,20). The van der Waals surface area contributed by atoms with Crippen molar-refractivity contribution in [2.75, 3.05) is 17.2 Å². The molecule has 0 spiro atoms. The number of hydrogen-bond donors (Lipinski definition) is 2. The van der Waals surface area contributed by atoms with Gasteiger partial charge in [-0.15, -0.1) is 0 Å². The van der Waals surface area contributed by atoms with E-state index >= 15 is 0 Å². The highest BCUT2D eigenvalue weighted by Crippen LogP contribution is 2.39. The summed E-state index contributed by atoms with van der Waals surface area (Å²) in [6.45, 7) is 9.79. The van der Waals surface area contributed by atoms with E-state index in [-0.39, 0.29) is 0 Å². The topological polar surface area (TPSA) is 49.8 Å². The minimum Gasteiger partial charge on any atom is -0.370 e. The number of rotatable bonds is 8. The predicted octanol–water partition coefficient (Wildman–Crippen LogP) is 4.02. The minimum absolute atomic E-state index is 0.418. The fourth-order valence-corrected chi connectivity index (χ4v) is 2.73. The summed E-state index contributed by atoms with van der Waals surface area (Å²) in [4.78, 5) is 8.90. The van der Waals surface area contributed by atoms with Gasteiger partial charge < -0.3 is 10.6 Å². The van der Waals surface area contributed by atoms with Gasteiger partial charge in [0.15, 0.2) is 0 Å². The molecule has 4 heteroatoms. The summed E-state index contributed by atoms with van der Waals surface area (Å²) in [5.74, 6) is 3.27. The first kappa shape index (κ1) is 15.1. The third kappa shape index (κ3) is 3.62. The van der Waals surface area contributed by atoms with E-state index in [1.54, 1.807) is 6.33 Å². The Hall–Kier alpha value is -1.32. The molecule has 0 saturated heterocycles. The quantitative estimate of drug-likeness (QED) is 0.753. The summed E-state index contributed by atoms with van der Waals surface area (Å²) in [5.41, 5.74) is 1.23. The average molecular weight is 276 g/mol. The lowest BCUT2D eigenvalue weighted by molar-refractivity contribution is 0.691. The molecular weight excluding hydrogens is 248 g/mol. The van der Waals surface area contributed by atoms with E-state index in [1.807, 2.05) is 0 Å². The fraction of sp³-hybridized carbons (Fsp3) is 0.750. The number of aromatic nitrogens is 2. The Morgan fingerprint density at radius 2 is 1.95 bits per heavy atom. The summed E-state index contributed by atoms with van der Waals surface area (Å²) in [6.07, 6.45) is 6.65. The van der Waals surface area contributed by atoms with Crippen LogP contribution in [0.1, 0.15) is 64.9 Å². The second-order valence-corrected chi connectivity index (χ2v) is 6.10. The summed E-state index contributed by atoms with van der Waals surface area (Å²) >= 11 is 0. The highest BCUT2D eigenvalue weighted by molar-refractivity contribution is 5.59. The van der Waals surface area contributed by atoms with Gasteiger partial charge in [-0.05, 0) is 31.1 Å². The summed E-state index contributed by atoms with van der Waals surface area (Å²) in [5, 5.41) is 7.05. The summed E-state index contributed by atoms with van der Waals surface area (Å²) in [7, 11) is 0. The minimum atomic E-state index is 0.418. The van der Waals surface area contributed by atoms with Gasteiger partial charge >= 0.3 is 0 Å². The Labute approximate surface area is 122 Å². The van der Waals surface area contributed by atoms with Crippen molar-refractivity contribution >= 4 is 11.6 Å². The highest BCUT2D eigenvalue weighted by atomic mass is 15.1. The van der Waals surface area contributed by atoms with E-state index < -0.39 is 0 Å². The largest absolute Gasteiger partial charge is 0.370 e. The lowest BCUT2D eigenvalue weighted by atomic mass is 10.0. The first-order valence-electron chi connectivity index (χ1n) is 8.02. The van der Waals surface area contributed by atoms with Gasteiger partial charge in [-0.2, -0.15) is 0 Å². The Bertz CT molecular complexity index is 430. The lowest BCUT2D eigenvalue weighted by Gasteiger charge is -2.17. The van der Waals surface area contributed by atoms with Crippen molar-refractivity contribution in [1.82, 2.24) is 9.97 Å². The zero-order chi connectivity index (χ0) is 14.5. The molecular formula is C16H28N4. The molecule has 4 nitrogen and oxygen atoms in total. The van der Waals surface area contributed by atoms with E-state index in [0.717, 1.165) is 30.5 Å². The highest BCUT2D eigenvalue weighted by Gasteiger charge is 2.36. The molecule has 0 aliphatic heterocycles. The van der Waals surface area contributed by atoms with Gasteiger partial charge in [0.1, 0.15) is 18.0 Å². The van der Waals surface area contributed by atoms with E-state index in [1.165, 1.54) is 24.8 Å². The number of nitrogens with one attached hydrogen (secondary N) is 2. The normalized spacial score (nSPS) is 21.1. The van der Waals surface area contributed by atoms with Crippen molar-refractivity contribution in [1.29, 1.82) is 0 Å². The van der Waals surface area contributed by atoms with Crippen LogP contribution in [0.5, 0.6) is 0 Å². The Kier molecular flexibility index (Phi) is 5.21. The van der Waals surface area contributed by atoms with Gasteiger partial charge in [0.2, 0.25) is 0 Å². The van der Waals surface area contributed by atoms with E-state index in [0.29, 0.717) is 12.0 Å². The van der Waals surface area contributed by atoms with Crippen LogP contribution in [0.4, 0.5) is 11.6 Å². The monoisotopic (exact) mass is 276 g/mol. The van der Waals surface area contributed by atoms with Crippen molar-refractivity contribution in [3.05, 3.63) is 11.9 Å². The third-order valence-electron chi connectivity index (χ3n) is 3.91. The second-order valence-electron chi connectivity index (χ2n) is 6.10. The number of hydrogen-bond acceptors (Lipinski definition) is 4. The molecule has 2 rings (SSSR count). The zero-order valence-corrected chi connectivity index (χ0v) is 13.2. The van der Waals surface area contributed by atoms with Crippen LogP contribution in [0.2, 0.25) is 0 Å². The number of nitrogens with zero attached hydrogens (tertiary/aromatic N) is 2. The third-order valence-corrected chi connectivity index (χ3v) is 3.91. The molecule has 2 unspecified atom stereocenters. The van der Waals surface area contributed by atoms with Gasteiger partial charge in [-0.1, -0.05) is 34.1 Å². The molecule has 112 valence electrons. The molecule has 1 aliphatic rings. The molecule has 1 aromatic heterocycles. The maximum Gasteiger partial charge on any atom is 0.135 e. The maximum atomic E-state index is 4.48. The van der Waals surface area contributed by atoms with E-state index in [4.69, 9.17) is 0 Å². The van der Waals surface area contributed by atoms with Crippen LogP contribution >= 0.6 is 0 Å². The average Bonchev–Trinajstić information content (AvgIpc) is 3.14. The van der Waals surface area contributed by atoms with Crippen molar-refractivity contribution in [2.24, 2.45) is 5.92 Å². The van der Waals surface area contributed by atoms with Crippen LogP contribution < -0.4 is 10.6 Å². The van der Waals surface area contributed by atoms with Crippen LogP contribution in [0.3, 0.4) is 0 Å². The van der Waals surface area contributed by atoms with Crippen LogP contribution in [0, 0.1) is 5.92 Å². The smallest absolute Gasteiger partial charge is 0.135 e. The molecule has 20 heavy (non-hydrogen) atoms. The molecule has 0 bridgehead atoms. The molecule has 2 N–H and O–H groups in total. The van der Waals surface area contributed by atoms with E-state index in [9.17, 15) is 0 Å². The van der Waals surface area contributed by atoms with Crippen LogP contribution in [0.25, 0.3) is 0 Å². The first-order chi connectivity index (χ1) is 9.67. The predicted molar refractivity (Wildman–Crippen MR) is 85.3 cm³/mol. The Balaban J connectivity index is 2.11. The molecule has 0 radical (unpaired) electrons. The molecule has 1 aromatic rings. The molecule has 2 atom stereocenters. The maximum absolute atomic E-state index is 4.48. The van der Waals surface area contributed by atoms with Gasteiger partial charge in [-0.25, -0.2) is 9.97 Å². The summed E-state index contributed by atoms with van der Waals surface area (Å²) < 4.78 is 0. The van der Waals surface area contributed by atoms with Crippen LogP contribution in [-0.2, 0) is 0 Å². The SMILES string of the molecule is CCCNc1ncnc(NC2CC2CCC)c1C(C)C. The van der Waals surface area contributed by atoms with E-state index in [2.05, 4.69) is 48.3 Å². The second kappa shape index (κ2) is 6.91. The Morgan fingerprint density at radius 3 is 2.60 bits per heavy atom. The van der Waals surface area contributed by atoms with Crippen LogP contribution in [0.15, 0.2) is 6.33 Å². The zero-order valence-electron chi connectivity index (χ0n) is 13.2. The summed E-state index contributed by atoms with van der Waals surface area (Å²) in [6, 6.07) is 0.612.